The van der Waals surface area contributed by atoms with E-state index in [1.807, 2.05) is 43.4 Å². The van der Waals surface area contributed by atoms with E-state index in [1.165, 1.54) is 0 Å². The van der Waals surface area contributed by atoms with Gasteiger partial charge in [-0.3, -0.25) is 4.98 Å². The van der Waals surface area contributed by atoms with Crippen LogP contribution in [0.1, 0.15) is 5.56 Å². The minimum absolute atomic E-state index is 0.471. The predicted octanol–water partition coefficient (Wildman–Crippen LogP) is 1.67. The van der Waals surface area contributed by atoms with Crippen LogP contribution >= 0.6 is 0 Å². The summed E-state index contributed by atoms with van der Waals surface area (Å²) in [6.07, 6.45) is 5.38. The van der Waals surface area contributed by atoms with E-state index in [-0.39, 0.29) is 0 Å². The fraction of sp³-hybridized carbons (Fsp3) is 0.231. The van der Waals surface area contributed by atoms with Gasteiger partial charge in [-0.25, -0.2) is 4.98 Å². The largest absolute Gasteiger partial charge is 0.362 e. The number of nitrogens with zero attached hydrogens (tertiary/aromatic N) is 3. The van der Waals surface area contributed by atoms with Crippen LogP contribution in [0.4, 0.5) is 5.82 Å². The van der Waals surface area contributed by atoms with Crippen molar-refractivity contribution in [1.29, 1.82) is 0 Å². The van der Waals surface area contributed by atoms with E-state index in [9.17, 15) is 0 Å². The fourth-order valence-corrected chi connectivity index (χ4v) is 1.87. The molecule has 17 heavy (non-hydrogen) atoms. The van der Waals surface area contributed by atoms with E-state index in [2.05, 4.69) is 9.97 Å². The third-order valence-corrected chi connectivity index (χ3v) is 2.65. The Labute approximate surface area is 101 Å². The molecule has 0 aliphatic heterocycles. The van der Waals surface area contributed by atoms with Crippen LogP contribution in [0.15, 0.2) is 36.8 Å². The maximum atomic E-state index is 5.84. The quantitative estimate of drug-likeness (QED) is 0.868. The Hall–Kier alpha value is -1.94. The van der Waals surface area contributed by atoms with Gasteiger partial charge in [0.1, 0.15) is 5.82 Å². The molecular formula is C13H16N4. The van der Waals surface area contributed by atoms with Crippen LogP contribution in [0.2, 0.25) is 0 Å². The molecule has 2 N–H and O–H groups in total. The molecule has 0 bridgehead atoms. The molecule has 0 radical (unpaired) electrons. The first-order valence-corrected chi connectivity index (χ1v) is 5.49. The van der Waals surface area contributed by atoms with E-state index in [0.29, 0.717) is 6.54 Å². The van der Waals surface area contributed by atoms with E-state index in [4.69, 9.17) is 5.73 Å². The second kappa shape index (κ2) is 4.93. The van der Waals surface area contributed by atoms with Crippen LogP contribution < -0.4 is 10.6 Å². The SMILES string of the molecule is CN(C)c1nccc(-c2ccncc2)c1CN. The maximum Gasteiger partial charge on any atom is 0.133 e. The van der Waals surface area contributed by atoms with Gasteiger partial charge in [-0.2, -0.15) is 0 Å². The Morgan fingerprint density at radius 2 is 1.82 bits per heavy atom. The van der Waals surface area contributed by atoms with Gasteiger partial charge in [-0.1, -0.05) is 0 Å². The molecule has 0 amide bonds. The number of pyridine rings is 2. The zero-order chi connectivity index (χ0) is 12.3. The van der Waals surface area contributed by atoms with Crippen molar-refractivity contribution >= 4 is 5.82 Å². The van der Waals surface area contributed by atoms with Crippen molar-refractivity contribution in [3.8, 4) is 11.1 Å². The van der Waals surface area contributed by atoms with Gasteiger partial charge in [0.25, 0.3) is 0 Å². The Balaban J connectivity index is 2.59. The number of hydrogen-bond donors (Lipinski definition) is 1. The van der Waals surface area contributed by atoms with Gasteiger partial charge in [-0.05, 0) is 29.3 Å². The van der Waals surface area contributed by atoms with Crippen LogP contribution in [0.5, 0.6) is 0 Å². The van der Waals surface area contributed by atoms with Crippen molar-refractivity contribution in [1.82, 2.24) is 9.97 Å². The number of hydrogen-bond acceptors (Lipinski definition) is 4. The molecule has 0 saturated heterocycles. The van der Waals surface area contributed by atoms with Gasteiger partial charge < -0.3 is 10.6 Å². The molecule has 0 atom stereocenters. The molecule has 4 nitrogen and oxygen atoms in total. The Morgan fingerprint density at radius 3 is 2.41 bits per heavy atom. The summed E-state index contributed by atoms with van der Waals surface area (Å²) in [7, 11) is 3.94. The zero-order valence-corrected chi connectivity index (χ0v) is 10.1. The Morgan fingerprint density at radius 1 is 1.12 bits per heavy atom. The van der Waals surface area contributed by atoms with Crippen molar-refractivity contribution in [2.45, 2.75) is 6.54 Å². The number of rotatable bonds is 3. The molecule has 2 aromatic rings. The standard InChI is InChI=1S/C13H16N4/c1-17(2)13-12(9-14)11(5-8-16-13)10-3-6-15-7-4-10/h3-8H,9,14H2,1-2H3. The molecule has 0 unspecified atom stereocenters. The van der Waals surface area contributed by atoms with Gasteiger partial charge >= 0.3 is 0 Å². The summed E-state index contributed by atoms with van der Waals surface area (Å²) in [6.45, 7) is 0.471. The predicted molar refractivity (Wildman–Crippen MR) is 69.7 cm³/mol. The molecule has 4 heteroatoms. The molecule has 0 aliphatic carbocycles. The summed E-state index contributed by atoms with van der Waals surface area (Å²) in [5, 5.41) is 0. The van der Waals surface area contributed by atoms with E-state index >= 15 is 0 Å². The van der Waals surface area contributed by atoms with Gasteiger partial charge in [0.15, 0.2) is 0 Å². The third-order valence-electron chi connectivity index (χ3n) is 2.65. The smallest absolute Gasteiger partial charge is 0.133 e. The van der Waals surface area contributed by atoms with Crippen molar-refractivity contribution < 1.29 is 0 Å². The highest BCUT2D eigenvalue weighted by Crippen LogP contribution is 2.27. The van der Waals surface area contributed by atoms with Gasteiger partial charge in [0.2, 0.25) is 0 Å². The van der Waals surface area contributed by atoms with E-state index < -0.39 is 0 Å². The summed E-state index contributed by atoms with van der Waals surface area (Å²) in [6, 6.07) is 5.95. The van der Waals surface area contributed by atoms with E-state index in [1.54, 1.807) is 12.4 Å². The first-order chi connectivity index (χ1) is 8.24. The highest BCUT2D eigenvalue weighted by Gasteiger charge is 2.11. The van der Waals surface area contributed by atoms with Crippen LogP contribution in [-0.2, 0) is 6.54 Å². The molecule has 0 fully saturated rings. The van der Waals surface area contributed by atoms with Crippen LogP contribution in [0, 0.1) is 0 Å². The van der Waals surface area contributed by atoms with Gasteiger partial charge in [-0.15, -0.1) is 0 Å². The molecule has 0 saturated carbocycles. The number of aromatic nitrogens is 2. The summed E-state index contributed by atoms with van der Waals surface area (Å²) in [5.41, 5.74) is 9.14. The van der Waals surface area contributed by atoms with Crippen LogP contribution in [0.25, 0.3) is 11.1 Å². The highest BCUT2D eigenvalue weighted by molar-refractivity contribution is 5.71. The average molecular weight is 228 g/mol. The minimum Gasteiger partial charge on any atom is -0.362 e. The highest BCUT2D eigenvalue weighted by atomic mass is 15.1. The van der Waals surface area contributed by atoms with Gasteiger partial charge in [0.05, 0.1) is 0 Å². The van der Waals surface area contributed by atoms with Crippen LogP contribution in [-0.4, -0.2) is 24.1 Å². The second-order valence-electron chi connectivity index (χ2n) is 4.00. The monoisotopic (exact) mass is 228 g/mol. The van der Waals surface area contributed by atoms with E-state index in [0.717, 1.165) is 22.5 Å². The fourth-order valence-electron chi connectivity index (χ4n) is 1.87. The van der Waals surface area contributed by atoms with Crippen molar-refractivity contribution in [2.75, 3.05) is 19.0 Å². The molecule has 2 rings (SSSR count). The molecule has 2 aromatic heterocycles. The van der Waals surface area contributed by atoms with Crippen molar-refractivity contribution in [3.63, 3.8) is 0 Å². The van der Waals surface area contributed by atoms with Gasteiger partial charge in [0, 0.05) is 44.8 Å². The molecule has 2 heterocycles. The Kier molecular flexibility index (Phi) is 3.35. The third kappa shape index (κ3) is 2.26. The molecule has 88 valence electrons. The zero-order valence-electron chi connectivity index (χ0n) is 10.1. The lowest BCUT2D eigenvalue weighted by molar-refractivity contribution is 0.988. The molecule has 0 aromatic carbocycles. The summed E-state index contributed by atoms with van der Waals surface area (Å²) in [5.74, 6) is 0.918. The second-order valence-corrected chi connectivity index (χ2v) is 4.00. The lowest BCUT2D eigenvalue weighted by Crippen LogP contribution is -2.15. The van der Waals surface area contributed by atoms with Crippen molar-refractivity contribution in [3.05, 3.63) is 42.4 Å². The number of anilines is 1. The average Bonchev–Trinajstić information content (AvgIpc) is 2.38. The summed E-state index contributed by atoms with van der Waals surface area (Å²) >= 11 is 0. The first kappa shape index (κ1) is 11.5. The lowest BCUT2D eigenvalue weighted by atomic mass is 10.0. The maximum absolute atomic E-state index is 5.84. The topological polar surface area (TPSA) is 55.0 Å². The number of nitrogens with two attached hydrogens (primary N) is 1. The normalized spacial score (nSPS) is 10.3. The molecular weight excluding hydrogens is 212 g/mol. The molecule has 0 spiro atoms. The molecule has 0 aliphatic rings. The summed E-state index contributed by atoms with van der Waals surface area (Å²) < 4.78 is 0. The van der Waals surface area contributed by atoms with Crippen LogP contribution in [0.3, 0.4) is 0 Å². The Bertz CT molecular complexity index is 494. The van der Waals surface area contributed by atoms with Crippen molar-refractivity contribution in [2.24, 2.45) is 5.73 Å². The summed E-state index contributed by atoms with van der Waals surface area (Å²) in [4.78, 5) is 10.4. The first-order valence-electron chi connectivity index (χ1n) is 5.49. The lowest BCUT2D eigenvalue weighted by Gasteiger charge is -2.18. The minimum atomic E-state index is 0.471.